The summed E-state index contributed by atoms with van der Waals surface area (Å²) in [6.45, 7) is 7.41. The van der Waals surface area contributed by atoms with Crippen LogP contribution in [0, 0.1) is 6.92 Å². The Morgan fingerprint density at radius 3 is 2.57 bits per heavy atom. The Balaban J connectivity index is 0.00000320. The molecule has 7 heteroatoms. The molecule has 1 aromatic heterocycles. The summed E-state index contributed by atoms with van der Waals surface area (Å²) in [7, 11) is 2.28. The van der Waals surface area contributed by atoms with Crippen molar-refractivity contribution in [2.45, 2.75) is 71.6 Å². The van der Waals surface area contributed by atoms with Gasteiger partial charge in [0.25, 0.3) is 0 Å². The topological polar surface area (TPSA) is 52.6 Å². The van der Waals surface area contributed by atoms with Crippen molar-refractivity contribution in [3.63, 3.8) is 0 Å². The van der Waals surface area contributed by atoms with Gasteiger partial charge in [-0.2, -0.15) is 0 Å². The van der Waals surface area contributed by atoms with Crippen LogP contribution in [0.15, 0.2) is 35.5 Å². The van der Waals surface area contributed by atoms with Crippen LogP contribution >= 0.6 is 35.3 Å². The number of benzene rings is 1. The molecule has 30 heavy (non-hydrogen) atoms. The molecule has 2 N–H and O–H groups in total. The van der Waals surface area contributed by atoms with Gasteiger partial charge in [0.2, 0.25) is 0 Å². The van der Waals surface area contributed by atoms with E-state index in [-0.39, 0.29) is 24.0 Å². The molecule has 0 saturated heterocycles. The highest BCUT2D eigenvalue weighted by atomic mass is 127. The molecule has 1 saturated carbocycles. The van der Waals surface area contributed by atoms with Gasteiger partial charge in [-0.25, -0.2) is 9.98 Å². The minimum absolute atomic E-state index is 0. The number of hydrogen-bond acceptors (Lipinski definition) is 4. The molecule has 1 heterocycles. The van der Waals surface area contributed by atoms with E-state index in [1.165, 1.54) is 48.1 Å². The van der Waals surface area contributed by atoms with Crippen LogP contribution in [0.1, 0.15) is 60.0 Å². The van der Waals surface area contributed by atoms with E-state index in [1.807, 2.05) is 6.20 Å². The zero-order chi connectivity index (χ0) is 20.5. The van der Waals surface area contributed by atoms with Crippen LogP contribution in [0.25, 0.3) is 0 Å². The van der Waals surface area contributed by atoms with E-state index in [1.54, 1.807) is 11.3 Å². The predicted molar refractivity (Wildman–Crippen MR) is 139 cm³/mol. The predicted octanol–water partition coefficient (Wildman–Crippen LogP) is 5.09. The highest BCUT2D eigenvalue weighted by molar-refractivity contribution is 14.0. The maximum absolute atomic E-state index is 4.84. The van der Waals surface area contributed by atoms with Gasteiger partial charge in [0.05, 0.1) is 13.1 Å². The summed E-state index contributed by atoms with van der Waals surface area (Å²) in [5.41, 5.74) is 2.69. The zero-order valence-electron chi connectivity index (χ0n) is 18.5. The number of thiazole rings is 1. The first-order chi connectivity index (χ1) is 14.2. The molecule has 0 amide bonds. The van der Waals surface area contributed by atoms with E-state index in [4.69, 9.17) is 4.99 Å². The Kier molecular flexibility index (Phi) is 11.1. The summed E-state index contributed by atoms with van der Waals surface area (Å²) in [5, 5.41) is 7.84. The molecular weight excluding hydrogens is 505 g/mol. The fourth-order valence-electron chi connectivity index (χ4n) is 3.93. The fraction of sp³-hybridized carbons (Fsp3) is 0.565. The van der Waals surface area contributed by atoms with Crippen molar-refractivity contribution < 1.29 is 0 Å². The molecule has 5 nitrogen and oxygen atoms in total. The number of rotatable bonds is 8. The van der Waals surface area contributed by atoms with Crippen LogP contribution in [-0.4, -0.2) is 35.5 Å². The Morgan fingerprint density at radius 2 is 1.90 bits per heavy atom. The third-order valence-electron chi connectivity index (χ3n) is 5.56. The van der Waals surface area contributed by atoms with Crippen molar-refractivity contribution in [3.05, 3.63) is 51.5 Å². The number of nitrogens with one attached hydrogen (secondary N) is 2. The van der Waals surface area contributed by atoms with Crippen LogP contribution in [0.2, 0.25) is 0 Å². The number of aryl methyl sites for hydroxylation is 1. The summed E-state index contributed by atoms with van der Waals surface area (Å²) in [4.78, 5) is 13.0. The van der Waals surface area contributed by atoms with Gasteiger partial charge >= 0.3 is 0 Å². The molecule has 0 radical (unpaired) electrons. The van der Waals surface area contributed by atoms with Crippen molar-refractivity contribution in [1.82, 2.24) is 20.5 Å². The van der Waals surface area contributed by atoms with Crippen LogP contribution in [0.3, 0.4) is 0 Å². The zero-order valence-corrected chi connectivity index (χ0v) is 21.6. The summed E-state index contributed by atoms with van der Waals surface area (Å²) in [5.74, 6) is 0.843. The van der Waals surface area contributed by atoms with E-state index >= 15 is 0 Å². The van der Waals surface area contributed by atoms with Gasteiger partial charge in [-0.1, -0.05) is 43.5 Å². The number of aliphatic imine (C=N–C) groups is 1. The molecule has 1 fully saturated rings. The summed E-state index contributed by atoms with van der Waals surface area (Å²) in [6, 6.07) is 9.45. The second kappa shape index (κ2) is 13.3. The lowest BCUT2D eigenvalue weighted by Crippen LogP contribution is -2.36. The van der Waals surface area contributed by atoms with Crippen LogP contribution in [0.4, 0.5) is 0 Å². The number of guanidine groups is 1. The van der Waals surface area contributed by atoms with Crippen molar-refractivity contribution in [2.75, 3.05) is 13.6 Å². The number of hydrogen-bond donors (Lipinski definition) is 2. The standard InChI is InChI=1S/C23H35N5S.HI/c1-4-24-23(27-16-22-25-14-18(2)29-22)26-15-19-10-8-9-11-20(19)17-28(3)21-12-6-5-7-13-21;/h8-11,14,21H,4-7,12-13,15-17H2,1-3H3,(H2,24,26,27);1H. The summed E-state index contributed by atoms with van der Waals surface area (Å²) in [6.07, 6.45) is 8.73. The lowest BCUT2D eigenvalue weighted by atomic mass is 9.94. The average Bonchev–Trinajstić information content (AvgIpc) is 3.17. The van der Waals surface area contributed by atoms with Crippen molar-refractivity contribution >= 4 is 41.3 Å². The first kappa shape index (κ1) is 25.1. The number of nitrogens with zero attached hydrogens (tertiary/aromatic N) is 3. The Labute approximate surface area is 202 Å². The quantitative estimate of drug-likeness (QED) is 0.278. The SMILES string of the molecule is CCNC(=NCc1ccccc1CN(C)C1CCCCC1)NCc1ncc(C)s1.I. The normalized spacial score (nSPS) is 15.1. The smallest absolute Gasteiger partial charge is 0.191 e. The van der Waals surface area contributed by atoms with Gasteiger partial charge in [-0.15, -0.1) is 35.3 Å². The van der Waals surface area contributed by atoms with Gasteiger partial charge in [-0.3, -0.25) is 4.90 Å². The van der Waals surface area contributed by atoms with Crippen LogP contribution < -0.4 is 10.6 Å². The minimum Gasteiger partial charge on any atom is -0.357 e. The van der Waals surface area contributed by atoms with Gasteiger partial charge < -0.3 is 10.6 Å². The van der Waals surface area contributed by atoms with Crippen molar-refractivity contribution in [2.24, 2.45) is 4.99 Å². The summed E-state index contributed by atoms with van der Waals surface area (Å²) >= 11 is 1.72. The largest absolute Gasteiger partial charge is 0.357 e. The lowest BCUT2D eigenvalue weighted by molar-refractivity contribution is 0.184. The molecule has 1 aromatic carbocycles. The maximum Gasteiger partial charge on any atom is 0.191 e. The fourth-order valence-corrected chi connectivity index (χ4v) is 4.66. The molecule has 3 rings (SSSR count). The van der Waals surface area contributed by atoms with Gasteiger partial charge in [-0.05, 0) is 44.9 Å². The molecule has 0 bridgehead atoms. The van der Waals surface area contributed by atoms with Crippen LogP contribution in [-0.2, 0) is 19.6 Å². The molecule has 1 aliphatic rings. The molecule has 0 atom stereocenters. The highest BCUT2D eigenvalue weighted by Gasteiger charge is 2.18. The first-order valence-electron chi connectivity index (χ1n) is 10.9. The van der Waals surface area contributed by atoms with Crippen LogP contribution in [0.5, 0.6) is 0 Å². The third-order valence-corrected chi connectivity index (χ3v) is 6.48. The van der Waals surface area contributed by atoms with E-state index in [9.17, 15) is 0 Å². The Hall–Kier alpha value is -1.19. The molecule has 0 aliphatic heterocycles. The molecule has 1 aliphatic carbocycles. The molecule has 0 unspecified atom stereocenters. The second-order valence-electron chi connectivity index (χ2n) is 7.89. The molecule has 166 valence electrons. The Bertz CT molecular complexity index is 785. The lowest BCUT2D eigenvalue weighted by Gasteiger charge is -2.31. The Morgan fingerprint density at radius 1 is 1.17 bits per heavy atom. The molecule has 2 aromatic rings. The average molecular weight is 542 g/mol. The van der Waals surface area contributed by atoms with Gasteiger partial charge in [0, 0.05) is 30.2 Å². The summed E-state index contributed by atoms with van der Waals surface area (Å²) < 4.78 is 0. The van der Waals surface area contributed by atoms with E-state index in [0.29, 0.717) is 13.1 Å². The number of halogens is 1. The maximum atomic E-state index is 4.84. The first-order valence-corrected chi connectivity index (χ1v) is 11.7. The third kappa shape index (κ3) is 7.81. The second-order valence-corrected chi connectivity index (χ2v) is 9.21. The van der Waals surface area contributed by atoms with Gasteiger partial charge in [0.1, 0.15) is 5.01 Å². The monoisotopic (exact) mass is 541 g/mol. The molecule has 0 spiro atoms. The minimum atomic E-state index is 0. The highest BCUT2D eigenvalue weighted by Crippen LogP contribution is 2.23. The number of aromatic nitrogens is 1. The van der Waals surface area contributed by atoms with Gasteiger partial charge in [0.15, 0.2) is 5.96 Å². The van der Waals surface area contributed by atoms with Crippen molar-refractivity contribution in [3.8, 4) is 0 Å². The van der Waals surface area contributed by atoms with Crippen molar-refractivity contribution in [1.29, 1.82) is 0 Å². The molecular formula is C23H36IN5S. The van der Waals surface area contributed by atoms with E-state index in [2.05, 4.69) is 65.7 Å². The van der Waals surface area contributed by atoms with E-state index < -0.39 is 0 Å². The van der Waals surface area contributed by atoms with E-state index in [0.717, 1.165) is 30.1 Å².